The van der Waals surface area contributed by atoms with E-state index in [1.165, 1.54) is 6.07 Å². The van der Waals surface area contributed by atoms with Crippen LogP contribution in [0.15, 0.2) is 18.2 Å². The number of nitrogens with zero attached hydrogens (tertiary/aromatic N) is 1. The maximum Gasteiger partial charge on any atom is 0.708 e. The maximum absolute atomic E-state index is 8.63. The molecule has 0 aliphatic carbocycles. The molecule has 0 amide bonds. The summed E-state index contributed by atoms with van der Waals surface area (Å²) >= 11 is 0. The smallest absolute Gasteiger partial charge is 0.498 e. The molecule has 17 heavy (non-hydrogen) atoms. The highest BCUT2D eigenvalue weighted by Gasteiger charge is 2.13. The molecular formula is C11H18BNO4. The second-order valence-electron chi connectivity index (χ2n) is 4.92. The van der Waals surface area contributed by atoms with E-state index in [-0.39, 0.29) is 11.3 Å². The average molecular weight is 239 g/mol. The van der Waals surface area contributed by atoms with Crippen LogP contribution in [-0.4, -0.2) is 29.0 Å². The van der Waals surface area contributed by atoms with Crippen molar-refractivity contribution in [3.05, 3.63) is 18.2 Å². The Hall–Kier alpha value is -1.27. The van der Waals surface area contributed by atoms with Crippen molar-refractivity contribution in [2.75, 3.05) is 6.61 Å². The molecule has 0 fully saturated rings. The van der Waals surface area contributed by atoms with Crippen molar-refractivity contribution in [3.8, 4) is 11.8 Å². The summed E-state index contributed by atoms with van der Waals surface area (Å²) in [6, 6.07) is 4.90. The van der Waals surface area contributed by atoms with Gasteiger partial charge in [0.1, 0.15) is 0 Å². The summed E-state index contributed by atoms with van der Waals surface area (Å²) in [7, 11) is -1.87. The number of rotatable bonds is 5. The zero-order chi connectivity index (χ0) is 12.9. The van der Waals surface area contributed by atoms with E-state index < -0.39 is 7.32 Å². The topological polar surface area (TPSA) is 71.8 Å². The van der Waals surface area contributed by atoms with Gasteiger partial charge in [-0.15, -0.1) is 0 Å². The van der Waals surface area contributed by atoms with Crippen LogP contribution in [0.5, 0.6) is 11.8 Å². The summed E-state index contributed by atoms with van der Waals surface area (Å²) in [4.78, 5) is 3.97. The lowest BCUT2D eigenvalue weighted by atomic mass is 9.93. The first kappa shape index (κ1) is 13.8. The predicted octanol–water partition coefficient (Wildman–Crippen LogP) is 1.24. The van der Waals surface area contributed by atoms with Gasteiger partial charge in [0, 0.05) is 6.07 Å². The van der Waals surface area contributed by atoms with Gasteiger partial charge in [-0.25, -0.2) is 0 Å². The second-order valence-corrected chi connectivity index (χ2v) is 4.92. The minimum Gasteiger partial charge on any atom is -0.498 e. The van der Waals surface area contributed by atoms with E-state index in [9.17, 15) is 0 Å². The molecule has 0 bridgehead atoms. The molecule has 2 N–H and O–H groups in total. The normalized spacial score (nSPS) is 11.1. The van der Waals surface area contributed by atoms with Gasteiger partial charge in [0.15, 0.2) is 0 Å². The van der Waals surface area contributed by atoms with Crippen molar-refractivity contribution in [2.24, 2.45) is 5.41 Å². The largest absolute Gasteiger partial charge is 0.708 e. The van der Waals surface area contributed by atoms with Crippen molar-refractivity contribution in [3.63, 3.8) is 0 Å². The molecule has 1 rings (SSSR count). The highest BCUT2D eigenvalue weighted by atomic mass is 16.6. The number of hydrogen-bond acceptors (Lipinski definition) is 5. The molecule has 0 radical (unpaired) electrons. The molecular weight excluding hydrogens is 221 g/mol. The summed E-state index contributed by atoms with van der Waals surface area (Å²) in [5, 5.41) is 17.3. The summed E-state index contributed by atoms with van der Waals surface area (Å²) in [6.07, 6.45) is 0.905. The fourth-order valence-electron chi connectivity index (χ4n) is 1.11. The van der Waals surface area contributed by atoms with Gasteiger partial charge in [0.25, 0.3) is 0 Å². The predicted molar refractivity (Wildman–Crippen MR) is 64.6 cm³/mol. The Morgan fingerprint density at radius 1 is 1.24 bits per heavy atom. The minimum atomic E-state index is -1.87. The number of pyridine rings is 1. The van der Waals surface area contributed by atoms with Crippen molar-refractivity contribution >= 4 is 7.32 Å². The lowest BCUT2D eigenvalue weighted by Crippen LogP contribution is -2.21. The van der Waals surface area contributed by atoms with Gasteiger partial charge in [-0.05, 0) is 17.9 Å². The van der Waals surface area contributed by atoms with Crippen molar-refractivity contribution in [2.45, 2.75) is 27.2 Å². The van der Waals surface area contributed by atoms with Crippen LogP contribution in [0.3, 0.4) is 0 Å². The molecule has 6 heteroatoms. The van der Waals surface area contributed by atoms with Crippen molar-refractivity contribution < 1.29 is 19.4 Å². The highest BCUT2D eigenvalue weighted by Crippen LogP contribution is 2.19. The molecule has 0 aliphatic heterocycles. The van der Waals surface area contributed by atoms with Crippen LogP contribution in [0, 0.1) is 5.41 Å². The van der Waals surface area contributed by atoms with E-state index >= 15 is 0 Å². The molecule has 0 saturated carbocycles. The van der Waals surface area contributed by atoms with Crippen LogP contribution in [0.4, 0.5) is 0 Å². The minimum absolute atomic E-state index is 0.119. The fraction of sp³-hybridized carbons (Fsp3) is 0.545. The monoisotopic (exact) mass is 239 g/mol. The molecule has 1 heterocycles. The van der Waals surface area contributed by atoms with E-state index in [0.29, 0.717) is 12.5 Å². The Bertz CT molecular complexity index is 352. The third-order valence-electron chi connectivity index (χ3n) is 2.03. The molecule has 0 unspecified atom stereocenters. The lowest BCUT2D eigenvalue weighted by molar-refractivity contribution is 0.233. The van der Waals surface area contributed by atoms with E-state index in [1.54, 1.807) is 12.1 Å². The number of hydrogen-bond donors (Lipinski definition) is 2. The van der Waals surface area contributed by atoms with E-state index in [0.717, 1.165) is 6.42 Å². The Kier molecular flexibility index (Phi) is 4.78. The van der Waals surface area contributed by atoms with Crippen LogP contribution in [-0.2, 0) is 0 Å². The zero-order valence-corrected chi connectivity index (χ0v) is 10.4. The molecule has 5 nitrogen and oxygen atoms in total. The van der Waals surface area contributed by atoms with Gasteiger partial charge in [0.2, 0.25) is 11.8 Å². The first-order valence-electron chi connectivity index (χ1n) is 5.49. The van der Waals surface area contributed by atoms with Crippen molar-refractivity contribution in [1.29, 1.82) is 0 Å². The molecule has 0 spiro atoms. The van der Waals surface area contributed by atoms with Crippen LogP contribution in [0.2, 0.25) is 0 Å². The Balaban J connectivity index is 2.48. The van der Waals surface area contributed by atoms with Gasteiger partial charge >= 0.3 is 7.32 Å². The van der Waals surface area contributed by atoms with E-state index in [2.05, 4.69) is 30.4 Å². The van der Waals surface area contributed by atoms with Gasteiger partial charge in [-0.3, -0.25) is 0 Å². The van der Waals surface area contributed by atoms with E-state index in [4.69, 9.17) is 14.8 Å². The molecule has 1 aromatic heterocycles. The van der Waals surface area contributed by atoms with Gasteiger partial charge < -0.3 is 19.4 Å². The molecule has 0 saturated heterocycles. The third kappa shape index (κ3) is 6.14. The van der Waals surface area contributed by atoms with Crippen LogP contribution < -0.4 is 9.39 Å². The number of ether oxygens (including phenoxy) is 1. The summed E-state index contributed by atoms with van der Waals surface area (Å²) in [5.41, 5.74) is 0.204. The Morgan fingerprint density at radius 3 is 2.47 bits per heavy atom. The van der Waals surface area contributed by atoms with E-state index in [1.807, 2.05) is 0 Å². The summed E-state index contributed by atoms with van der Waals surface area (Å²) < 4.78 is 10.1. The average Bonchev–Trinajstić information content (AvgIpc) is 2.15. The highest BCUT2D eigenvalue weighted by molar-refractivity contribution is 6.33. The molecule has 94 valence electrons. The molecule has 0 aromatic carbocycles. The summed E-state index contributed by atoms with van der Waals surface area (Å²) in [6.45, 7) is 6.95. The summed E-state index contributed by atoms with van der Waals surface area (Å²) in [5.74, 6) is 0.528. The molecule has 0 aliphatic rings. The van der Waals surface area contributed by atoms with Crippen LogP contribution in [0.25, 0.3) is 0 Å². The lowest BCUT2D eigenvalue weighted by Gasteiger charge is -2.17. The Labute approximate surface area is 102 Å². The first-order valence-corrected chi connectivity index (χ1v) is 5.49. The fourth-order valence-corrected chi connectivity index (χ4v) is 1.11. The van der Waals surface area contributed by atoms with Gasteiger partial charge in [0.05, 0.1) is 6.61 Å². The molecule has 1 aromatic rings. The molecule has 0 atom stereocenters. The van der Waals surface area contributed by atoms with Crippen LogP contribution in [0.1, 0.15) is 27.2 Å². The number of aromatic nitrogens is 1. The van der Waals surface area contributed by atoms with Crippen LogP contribution >= 0.6 is 0 Å². The van der Waals surface area contributed by atoms with Gasteiger partial charge in [-0.2, -0.15) is 4.98 Å². The van der Waals surface area contributed by atoms with Crippen molar-refractivity contribution in [1.82, 2.24) is 4.98 Å². The second kappa shape index (κ2) is 5.88. The standard InChI is InChI=1S/C11H18BNO4/c1-11(2,3)7-8-16-9-5-4-6-10(13-9)17-12(14)15/h4-6,14-15H,7-8H2,1-3H3. The van der Waals surface area contributed by atoms with Gasteiger partial charge in [-0.1, -0.05) is 26.8 Å². The quantitative estimate of drug-likeness (QED) is 0.756. The maximum atomic E-state index is 8.63. The first-order chi connectivity index (χ1) is 7.87. The Morgan fingerprint density at radius 2 is 1.88 bits per heavy atom. The SMILES string of the molecule is CC(C)(C)CCOc1cccc(OB(O)O)n1. The zero-order valence-electron chi connectivity index (χ0n) is 10.4. The third-order valence-corrected chi connectivity index (χ3v) is 2.03.